The number of benzene rings is 2. The van der Waals surface area contributed by atoms with Gasteiger partial charge in [0.25, 0.3) is 0 Å². The minimum absolute atomic E-state index is 0.0597. The van der Waals surface area contributed by atoms with Gasteiger partial charge >= 0.3 is 0 Å². The van der Waals surface area contributed by atoms with Crippen LogP contribution in [0.2, 0.25) is 0 Å². The van der Waals surface area contributed by atoms with Gasteiger partial charge in [-0.25, -0.2) is 0 Å². The molecule has 0 bridgehead atoms. The first-order valence-corrected chi connectivity index (χ1v) is 9.70. The summed E-state index contributed by atoms with van der Waals surface area (Å²) >= 11 is 0. The van der Waals surface area contributed by atoms with Gasteiger partial charge in [0.15, 0.2) is 11.6 Å². The van der Waals surface area contributed by atoms with Crippen molar-refractivity contribution in [2.24, 2.45) is 0 Å². The fraction of sp³-hybridized carbons (Fsp3) is 0.154. The Morgan fingerprint density at radius 3 is 1.93 bits per heavy atom. The average molecular weight is 381 g/mol. The van der Waals surface area contributed by atoms with E-state index in [0.29, 0.717) is 11.1 Å². The Kier molecular flexibility index (Phi) is 4.67. The Hall–Kier alpha value is -3.46. The Morgan fingerprint density at radius 1 is 0.759 bits per heavy atom. The van der Waals surface area contributed by atoms with Crippen molar-refractivity contribution in [3.8, 4) is 0 Å². The molecule has 0 amide bonds. The van der Waals surface area contributed by atoms with Crippen molar-refractivity contribution in [1.82, 2.24) is 0 Å². The molecule has 0 radical (unpaired) electrons. The molecule has 0 spiro atoms. The van der Waals surface area contributed by atoms with Crippen molar-refractivity contribution in [3.05, 3.63) is 113 Å². The van der Waals surface area contributed by atoms with Crippen molar-refractivity contribution >= 4 is 17.3 Å². The van der Waals surface area contributed by atoms with Gasteiger partial charge in [-0.1, -0.05) is 80.6 Å². The van der Waals surface area contributed by atoms with Gasteiger partial charge in [0.05, 0.1) is 5.57 Å². The lowest BCUT2D eigenvalue weighted by Gasteiger charge is -2.23. The topological polar surface area (TPSA) is 37.4 Å². The summed E-state index contributed by atoms with van der Waals surface area (Å²) in [5, 5.41) is 0. The summed E-state index contributed by atoms with van der Waals surface area (Å²) < 4.78 is 0. The Balaban J connectivity index is 1.49. The van der Waals surface area contributed by atoms with Gasteiger partial charge in [0, 0.05) is 35.0 Å². The van der Waals surface area contributed by atoms with Gasteiger partial charge < -0.3 is 4.90 Å². The lowest BCUT2D eigenvalue weighted by Crippen LogP contribution is -2.22. The summed E-state index contributed by atoms with van der Waals surface area (Å²) in [6.45, 7) is 4.45. The van der Waals surface area contributed by atoms with E-state index in [9.17, 15) is 9.59 Å². The van der Waals surface area contributed by atoms with E-state index in [1.54, 1.807) is 36.4 Å². The molecule has 3 heteroatoms. The summed E-state index contributed by atoms with van der Waals surface area (Å²) in [5.74, 6) is -0.401. The molecular weight excluding hydrogens is 358 g/mol. The zero-order valence-electron chi connectivity index (χ0n) is 16.8. The van der Waals surface area contributed by atoms with Gasteiger partial charge in [0.2, 0.25) is 0 Å². The number of rotatable bonds is 3. The Bertz CT molecular complexity index is 1090. The van der Waals surface area contributed by atoms with Crippen LogP contribution in [-0.2, 0) is 5.41 Å². The molecule has 1 aliphatic heterocycles. The largest absolute Gasteiger partial charge is 0.347 e. The third-order valence-corrected chi connectivity index (χ3v) is 5.70. The zero-order valence-corrected chi connectivity index (χ0v) is 16.8. The first-order chi connectivity index (χ1) is 13.9. The van der Waals surface area contributed by atoms with Crippen LogP contribution in [0, 0.1) is 0 Å². The summed E-state index contributed by atoms with van der Waals surface area (Å²) in [6.07, 6.45) is 11.2. The van der Waals surface area contributed by atoms with Gasteiger partial charge in [0.1, 0.15) is 0 Å². The maximum absolute atomic E-state index is 12.4. The molecule has 144 valence electrons. The van der Waals surface area contributed by atoms with Crippen LogP contribution in [0.3, 0.4) is 0 Å². The number of para-hydroxylation sites is 1. The van der Waals surface area contributed by atoms with Crippen molar-refractivity contribution in [1.29, 1.82) is 0 Å². The predicted molar refractivity (Wildman–Crippen MR) is 117 cm³/mol. The highest BCUT2D eigenvalue weighted by Crippen LogP contribution is 2.46. The molecule has 0 fully saturated rings. The second-order valence-corrected chi connectivity index (χ2v) is 7.81. The molecule has 2 aromatic rings. The predicted octanol–water partition coefficient (Wildman–Crippen LogP) is 5.42. The number of carbonyl (C=O) groups excluding carboxylic acids is 2. The third-order valence-electron chi connectivity index (χ3n) is 5.70. The summed E-state index contributed by atoms with van der Waals surface area (Å²) in [4.78, 5) is 26.9. The van der Waals surface area contributed by atoms with Crippen LogP contribution in [0.15, 0.2) is 96.3 Å². The van der Waals surface area contributed by atoms with Crippen molar-refractivity contribution in [3.63, 3.8) is 0 Å². The first kappa shape index (κ1) is 18.9. The molecule has 0 N–H and O–H groups in total. The summed E-state index contributed by atoms with van der Waals surface area (Å²) in [6, 6.07) is 15.4. The second kappa shape index (κ2) is 7.17. The summed E-state index contributed by atoms with van der Waals surface area (Å²) in [7, 11) is 2.09. The van der Waals surface area contributed by atoms with Gasteiger partial charge in [-0.15, -0.1) is 0 Å². The van der Waals surface area contributed by atoms with E-state index >= 15 is 0 Å². The van der Waals surface area contributed by atoms with E-state index in [0.717, 1.165) is 0 Å². The molecule has 3 nitrogen and oxygen atoms in total. The minimum Gasteiger partial charge on any atom is -0.347 e. The van der Waals surface area contributed by atoms with Crippen LogP contribution < -0.4 is 4.90 Å². The van der Waals surface area contributed by atoms with Crippen LogP contribution in [-0.4, -0.2) is 18.6 Å². The molecule has 0 atom stereocenters. The molecule has 0 saturated carbocycles. The number of likely N-dealkylation sites (N-methyl/N-ethyl adjacent to an activating group) is 1. The quantitative estimate of drug-likeness (QED) is 0.405. The van der Waals surface area contributed by atoms with Crippen LogP contribution in [0.5, 0.6) is 0 Å². The van der Waals surface area contributed by atoms with Gasteiger partial charge in [-0.2, -0.15) is 0 Å². The van der Waals surface area contributed by atoms with E-state index in [4.69, 9.17) is 0 Å². The van der Waals surface area contributed by atoms with Crippen LogP contribution in [0.1, 0.15) is 40.1 Å². The summed E-state index contributed by atoms with van der Waals surface area (Å²) in [5.41, 5.74) is 4.91. The van der Waals surface area contributed by atoms with Crippen LogP contribution in [0.4, 0.5) is 5.69 Å². The highest BCUT2D eigenvalue weighted by Gasteiger charge is 2.37. The molecule has 0 saturated heterocycles. The Labute approximate surface area is 171 Å². The van der Waals surface area contributed by atoms with E-state index in [1.807, 2.05) is 18.2 Å². The second-order valence-electron chi connectivity index (χ2n) is 7.81. The number of Topliss-reactive ketones (excluding diaryl/α,β-unsaturated/α-hetero) is 2. The maximum Gasteiger partial charge on any atom is 0.197 e. The van der Waals surface area contributed by atoms with Crippen LogP contribution >= 0.6 is 0 Å². The number of ketones is 2. The number of carbonyl (C=O) groups is 2. The van der Waals surface area contributed by atoms with Crippen molar-refractivity contribution in [2.75, 3.05) is 11.9 Å². The van der Waals surface area contributed by atoms with Gasteiger partial charge in [-0.3, -0.25) is 9.59 Å². The number of hydrogen-bond donors (Lipinski definition) is 0. The Morgan fingerprint density at radius 2 is 1.31 bits per heavy atom. The van der Waals surface area contributed by atoms with Crippen molar-refractivity contribution in [2.45, 2.75) is 19.3 Å². The number of anilines is 1. The molecule has 2 aromatic carbocycles. The zero-order chi connectivity index (χ0) is 20.6. The van der Waals surface area contributed by atoms with Gasteiger partial charge in [-0.05, 0) is 23.8 Å². The van der Waals surface area contributed by atoms with Crippen LogP contribution in [0.25, 0.3) is 0 Å². The molecular formula is C26H23NO2. The van der Waals surface area contributed by atoms with E-state index in [1.165, 1.54) is 16.9 Å². The highest BCUT2D eigenvalue weighted by molar-refractivity contribution is 6.39. The fourth-order valence-corrected chi connectivity index (χ4v) is 4.15. The normalized spacial score (nSPS) is 18.9. The number of allylic oxidation sites excluding steroid dienone is 8. The number of nitrogens with zero attached hydrogens (tertiary/aromatic N) is 1. The minimum atomic E-state index is -0.201. The molecule has 0 unspecified atom stereocenters. The third kappa shape index (κ3) is 3.09. The molecule has 2 aliphatic rings. The fourth-order valence-electron chi connectivity index (χ4n) is 4.15. The molecule has 4 rings (SSSR count). The monoisotopic (exact) mass is 381 g/mol. The maximum atomic E-state index is 12.4. The standard InChI is InChI=1S/C26H23NO2/c1-26(2)21-15-10-11-16-22(21)27(3)23(26)17-7-5-4-6-14-20-24(28)18-12-8-9-13-19(18)25(20)29/h4-17H,1-3H3/b6-4+,7-5+,23-17+. The molecule has 1 aliphatic carbocycles. The number of fused-ring (bicyclic) bond motifs is 2. The average Bonchev–Trinajstić information content (AvgIpc) is 3.08. The van der Waals surface area contributed by atoms with Crippen molar-refractivity contribution < 1.29 is 9.59 Å². The lowest BCUT2D eigenvalue weighted by molar-refractivity contribution is 0.0989. The first-order valence-electron chi connectivity index (χ1n) is 9.70. The number of hydrogen-bond acceptors (Lipinski definition) is 3. The molecule has 0 aromatic heterocycles. The lowest BCUT2D eigenvalue weighted by atomic mass is 9.84. The highest BCUT2D eigenvalue weighted by atomic mass is 16.2. The molecule has 29 heavy (non-hydrogen) atoms. The smallest absolute Gasteiger partial charge is 0.197 e. The van der Waals surface area contributed by atoms with E-state index in [-0.39, 0.29) is 22.6 Å². The molecule has 1 heterocycles. The SMILES string of the molecule is CN1/C(=C/C=C/C=C/C=C2C(=O)c3ccccc3C2=O)C(C)(C)c2ccccc21. The van der Waals surface area contributed by atoms with E-state index in [2.05, 4.69) is 56.1 Å². The van der Waals surface area contributed by atoms with E-state index < -0.39 is 0 Å².